The van der Waals surface area contributed by atoms with Gasteiger partial charge in [0.05, 0.1) is 9.60 Å². The van der Waals surface area contributed by atoms with Crippen molar-refractivity contribution in [2.75, 3.05) is 0 Å². The number of fused-ring (bicyclic) bond motifs is 9. The molecule has 49 heavy (non-hydrogen) atoms. The van der Waals surface area contributed by atoms with Gasteiger partial charge in [-0.25, -0.2) is 15.0 Å². The molecule has 2 heterocycles. The van der Waals surface area contributed by atoms with Crippen LogP contribution in [0.2, 0.25) is 0 Å². The second-order valence-corrected chi connectivity index (χ2v) is 11.9. The van der Waals surface area contributed by atoms with Crippen molar-refractivity contribution >= 4 is 54.3 Å². The highest BCUT2D eigenvalue weighted by Gasteiger charge is 2.16. The normalized spacial score (nSPS) is 13.7. The summed E-state index contributed by atoms with van der Waals surface area (Å²) in [7, 11) is 0. The van der Waals surface area contributed by atoms with E-state index >= 15 is 0 Å². The predicted molar refractivity (Wildman–Crippen MR) is 201 cm³/mol. The van der Waals surface area contributed by atoms with Crippen LogP contribution in [-0.4, -0.2) is 15.0 Å². The molecule has 0 unspecified atom stereocenters. The van der Waals surface area contributed by atoms with Crippen molar-refractivity contribution < 1.29 is 14.0 Å². The average molecular weight is 633 g/mol. The Balaban J connectivity index is 1.19. The summed E-state index contributed by atoms with van der Waals surface area (Å²) in [6.45, 7) is 0. The van der Waals surface area contributed by atoms with Crippen LogP contribution in [0.15, 0.2) is 168 Å². The zero-order chi connectivity index (χ0) is 38.4. The maximum absolute atomic E-state index is 9.61. The van der Waals surface area contributed by atoms with Crippen molar-refractivity contribution in [3.63, 3.8) is 0 Å². The highest BCUT2D eigenvalue weighted by molar-refractivity contribution is 6.25. The molecule has 4 nitrogen and oxygen atoms in total. The first-order valence-corrected chi connectivity index (χ1v) is 15.9. The van der Waals surface area contributed by atoms with Gasteiger partial charge in [0, 0.05) is 27.5 Å². The number of hydrogen-bond acceptors (Lipinski definition) is 4. The largest absolute Gasteiger partial charge is 0.456 e. The monoisotopic (exact) mass is 632 g/mol. The fourth-order valence-corrected chi connectivity index (χ4v) is 6.58. The lowest BCUT2D eigenvalue weighted by molar-refractivity contribution is 0.669. The molecular formula is C45H27N3O. The molecule has 0 N–H and O–H groups in total. The van der Waals surface area contributed by atoms with E-state index in [4.69, 9.17) is 26.2 Å². The van der Waals surface area contributed by atoms with Crippen LogP contribution in [0, 0.1) is 0 Å². The first-order valence-electron chi connectivity index (χ1n) is 19.4. The molecule has 0 saturated carbocycles. The van der Waals surface area contributed by atoms with Gasteiger partial charge in [0.15, 0.2) is 17.5 Å². The molecule has 10 rings (SSSR count). The van der Waals surface area contributed by atoms with E-state index in [1.54, 1.807) is 6.07 Å². The van der Waals surface area contributed by atoms with Gasteiger partial charge in [-0.2, -0.15) is 0 Å². The molecule has 0 aliphatic rings. The van der Waals surface area contributed by atoms with E-state index < -0.39 is 0 Å². The van der Waals surface area contributed by atoms with Gasteiger partial charge in [-0.15, -0.1) is 0 Å². The minimum absolute atomic E-state index is 0.00795. The molecule has 2 aromatic heterocycles. The van der Waals surface area contributed by atoms with Crippen molar-refractivity contribution in [2.45, 2.75) is 0 Å². The summed E-state index contributed by atoms with van der Waals surface area (Å²) < 4.78 is 68.0. The maximum atomic E-state index is 9.61. The van der Waals surface area contributed by atoms with Crippen molar-refractivity contribution in [2.24, 2.45) is 0 Å². The Bertz CT molecular complexity index is 3220. The average Bonchev–Trinajstić information content (AvgIpc) is 3.58. The van der Waals surface area contributed by atoms with Crippen molar-refractivity contribution in [1.29, 1.82) is 0 Å². The Kier molecular flexibility index (Phi) is 4.76. The van der Waals surface area contributed by atoms with Crippen LogP contribution in [0.4, 0.5) is 0 Å². The van der Waals surface area contributed by atoms with Gasteiger partial charge in [-0.05, 0) is 79.8 Å². The zero-order valence-electron chi connectivity index (χ0n) is 32.8. The molecule has 8 aromatic carbocycles. The van der Waals surface area contributed by atoms with Crippen LogP contribution >= 0.6 is 0 Å². The summed E-state index contributed by atoms with van der Waals surface area (Å²) >= 11 is 0. The van der Waals surface area contributed by atoms with Crippen LogP contribution in [-0.2, 0) is 0 Å². The fourth-order valence-electron chi connectivity index (χ4n) is 6.58. The number of aromatic nitrogens is 3. The minimum Gasteiger partial charge on any atom is -0.456 e. The molecule has 4 heteroatoms. The molecule has 0 amide bonds. The Labute approximate surface area is 291 Å². The van der Waals surface area contributed by atoms with Gasteiger partial charge in [0.1, 0.15) is 11.2 Å². The molecule has 0 bridgehead atoms. The van der Waals surface area contributed by atoms with Gasteiger partial charge < -0.3 is 4.42 Å². The smallest absolute Gasteiger partial charge is 0.164 e. The quantitative estimate of drug-likeness (QED) is 0.181. The van der Waals surface area contributed by atoms with E-state index in [1.807, 2.05) is 97.1 Å². The molecular weight excluding hydrogens is 599 g/mol. The van der Waals surface area contributed by atoms with Crippen LogP contribution in [0.25, 0.3) is 99.5 Å². The third-order valence-electron chi connectivity index (χ3n) is 8.95. The van der Waals surface area contributed by atoms with E-state index in [9.17, 15) is 2.74 Å². The van der Waals surface area contributed by atoms with Crippen molar-refractivity contribution in [3.05, 3.63) is 164 Å². The zero-order valence-corrected chi connectivity index (χ0v) is 25.8. The highest BCUT2D eigenvalue weighted by Crippen LogP contribution is 2.39. The van der Waals surface area contributed by atoms with Gasteiger partial charge >= 0.3 is 0 Å². The lowest BCUT2D eigenvalue weighted by atomic mass is 9.92. The fraction of sp³-hybridized carbons (Fsp3) is 0. The SMILES string of the molecule is [2H]c1cc2c(cc1[2H])c1c([2H])c([2H])cc([2H])c1c1c([2H])c(-c3ccc4oc5ccc(-c6nc(-c7ccccc7)nc(-c7ccccc7)n6)cc5c4c3)c([2H])cc21. The molecule has 0 spiro atoms. The topological polar surface area (TPSA) is 51.8 Å². The second-order valence-electron chi connectivity index (χ2n) is 11.9. The van der Waals surface area contributed by atoms with Crippen LogP contribution in [0.1, 0.15) is 9.60 Å². The van der Waals surface area contributed by atoms with E-state index in [2.05, 4.69) is 0 Å². The number of rotatable bonds is 4. The number of benzene rings is 8. The molecule has 0 saturated heterocycles. The highest BCUT2D eigenvalue weighted by atomic mass is 16.3. The first kappa shape index (κ1) is 21.3. The lowest BCUT2D eigenvalue weighted by Gasteiger charge is -2.12. The van der Waals surface area contributed by atoms with Crippen LogP contribution < -0.4 is 0 Å². The Morgan fingerprint density at radius 2 is 0.918 bits per heavy atom. The van der Waals surface area contributed by atoms with Crippen LogP contribution in [0.3, 0.4) is 0 Å². The van der Waals surface area contributed by atoms with Gasteiger partial charge in [-0.3, -0.25) is 0 Å². The molecule has 228 valence electrons. The van der Waals surface area contributed by atoms with Crippen molar-refractivity contribution in [3.8, 4) is 45.3 Å². The van der Waals surface area contributed by atoms with Gasteiger partial charge in [-0.1, -0.05) is 127 Å². The third kappa shape index (κ3) is 4.57. The molecule has 0 aliphatic carbocycles. The standard InChI is InChI=1S/C45H27N3O/c1-3-11-28(12-4-1)43-46-44(29-13-5-2-6-14-29)48-45(47-43)32-21-24-42-40(27-32)39-26-31(20-23-41(39)49-42)30-19-22-37-35-17-8-7-15-33(35)34-16-9-10-18-36(34)38(37)25-30/h1-27H/i7D,8D,9D,16D,18D,19D,25D. The lowest BCUT2D eigenvalue weighted by Crippen LogP contribution is -2.00. The Morgan fingerprint density at radius 1 is 0.367 bits per heavy atom. The second kappa shape index (κ2) is 11.0. The van der Waals surface area contributed by atoms with Crippen LogP contribution in [0.5, 0.6) is 0 Å². The third-order valence-corrected chi connectivity index (χ3v) is 8.95. The summed E-state index contributed by atoms with van der Waals surface area (Å²) in [5.74, 6) is 1.58. The molecule has 0 aliphatic heterocycles. The predicted octanol–water partition coefficient (Wildman–Crippen LogP) is 11.9. The first-order chi connectivity index (χ1) is 27.1. The number of nitrogens with zero attached hydrogens (tertiary/aromatic N) is 3. The molecule has 0 radical (unpaired) electrons. The molecule has 10 aromatic rings. The summed E-state index contributed by atoms with van der Waals surface area (Å²) in [5, 5.41) is 3.91. The maximum Gasteiger partial charge on any atom is 0.164 e. The van der Waals surface area contributed by atoms with Gasteiger partial charge in [0.25, 0.3) is 0 Å². The summed E-state index contributed by atoms with van der Waals surface area (Å²) in [6.07, 6.45) is 0. The van der Waals surface area contributed by atoms with E-state index in [1.165, 1.54) is 18.2 Å². The van der Waals surface area contributed by atoms with Crippen molar-refractivity contribution in [1.82, 2.24) is 15.0 Å². The van der Waals surface area contributed by atoms with E-state index in [0.29, 0.717) is 66.7 Å². The molecule has 0 atom stereocenters. The van der Waals surface area contributed by atoms with E-state index in [-0.39, 0.29) is 47.7 Å². The van der Waals surface area contributed by atoms with E-state index in [0.717, 1.165) is 27.5 Å². The summed E-state index contributed by atoms with van der Waals surface area (Å²) in [6, 6.07) is 36.4. The number of furan rings is 1. The molecule has 0 fully saturated rings. The Hall–Kier alpha value is -6.65. The minimum atomic E-state index is -0.144. The summed E-state index contributed by atoms with van der Waals surface area (Å²) in [4.78, 5) is 14.6. The Morgan fingerprint density at radius 3 is 1.59 bits per heavy atom. The summed E-state index contributed by atoms with van der Waals surface area (Å²) in [5.41, 5.74) is 4.65. The number of hydrogen-bond donors (Lipinski definition) is 0. The van der Waals surface area contributed by atoms with Gasteiger partial charge in [0.2, 0.25) is 0 Å².